The van der Waals surface area contributed by atoms with Gasteiger partial charge in [0.2, 0.25) is 5.91 Å². The van der Waals surface area contributed by atoms with Crippen LogP contribution in [0.3, 0.4) is 0 Å². The maximum Gasteiger partial charge on any atom is 0.330 e. The third-order valence-corrected chi connectivity index (χ3v) is 3.14. The van der Waals surface area contributed by atoms with Crippen LogP contribution in [0.15, 0.2) is 12.2 Å². The average molecular weight is 221 g/mol. The first-order valence-electron chi connectivity index (χ1n) is 4.12. The molecule has 14 heavy (non-hydrogen) atoms. The van der Waals surface area contributed by atoms with Gasteiger partial charge in [0.25, 0.3) is 0 Å². The number of rotatable bonds is 4. The molecule has 0 heterocycles. The van der Waals surface area contributed by atoms with E-state index in [0.29, 0.717) is 5.57 Å². The van der Waals surface area contributed by atoms with E-state index >= 15 is 0 Å². The van der Waals surface area contributed by atoms with Crippen LogP contribution in [0.2, 0.25) is 0 Å². The van der Waals surface area contributed by atoms with Crippen molar-refractivity contribution in [2.24, 2.45) is 0 Å². The minimum atomic E-state index is -4.10. The average Bonchev–Trinajstić information content (AvgIpc) is 2.00. The van der Waals surface area contributed by atoms with Crippen LogP contribution in [0.4, 0.5) is 0 Å². The molecule has 5 nitrogen and oxygen atoms in total. The Morgan fingerprint density at radius 2 is 2.00 bits per heavy atom. The van der Waals surface area contributed by atoms with E-state index in [1.807, 2.05) is 0 Å². The predicted octanol–water partition coefficient (Wildman–Crippen LogP) is 0.587. The van der Waals surface area contributed by atoms with Crippen molar-refractivity contribution in [3.63, 3.8) is 0 Å². The fourth-order valence-corrected chi connectivity index (χ4v) is 1.37. The molecule has 0 spiro atoms. The molecule has 0 aromatic rings. The largest absolute Gasteiger partial charge is 0.341 e. The molecule has 0 aliphatic rings. The summed E-state index contributed by atoms with van der Waals surface area (Å²) < 4.78 is 10.8. The Kier molecular flexibility index (Phi) is 4.52. The second-order valence-electron chi connectivity index (χ2n) is 3.40. The minimum Gasteiger partial charge on any atom is -0.341 e. The van der Waals surface area contributed by atoms with Gasteiger partial charge in [-0.25, -0.2) is 0 Å². The summed E-state index contributed by atoms with van der Waals surface area (Å²) in [5.74, 6) is -0.301. The van der Waals surface area contributed by atoms with E-state index in [4.69, 9.17) is 9.79 Å². The first-order valence-corrected chi connectivity index (χ1v) is 5.80. The van der Waals surface area contributed by atoms with Gasteiger partial charge in [0.1, 0.15) is 0 Å². The lowest BCUT2D eigenvalue weighted by atomic mass is 10.3. The number of amides is 1. The number of hydrogen-bond donors (Lipinski definition) is 2. The molecule has 1 atom stereocenters. The van der Waals surface area contributed by atoms with Gasteiger partial charge in [-0.2, -0.15) is 0 Å². The molecule has 82 valence electrons. The number of nitrogens with zero attached hydrogens (tertiary/aromatic N) is 1. The van der Waals surface area contributed by atoms with Gasteiger partial charge in [-0.3, -0.25) is 9.36 Å². The molecule has 0 saturated heterocycles. The Hall–Kier alpha value is -0.640. The van der Waals surface area contributed by atoms with E-state index in [-0.39, 0.29) is 12.5 Å². The molecule has 0 aliphatic carbocycles. The Bertz CT molecular complexity index is 283. The zero-order chi connectivity index (χ0) is 11.5. The highest BCUT2D eigenvalue weighted by atomic mass is 31.2. The third-order valence-electron chi connectivity index (χ3n) is 1.82. The maximum atomic E-state index is 11.3. The first kappa shape index (κ1) is 13.4. The van der Waals surface area contributed by atoms with Crippen LogP contribution in [0.5, 0.6) is 0 Å². The fourth-order valence-electron chi connectivity index (χ4n) is 0.911. The van der Waals surface area contributed by atoms with Gasteiger partial charge in [0.15, 0.2) is 0 Å². The highest BCUT2D eigenvalue weighted by Gasteiger charge is 2.26. The number of carbonyl (C=O) groups excluding carboxylic acids is 1. The van der Waals surface area contributed by atoms with Crippen LogP contribution in [0.25, 0.3) is 0 Å². The van der Waals surface area contributed by atoms with Crippen molar-refractivity contribution in [2.75, 3.05) is 13.6 Å². The van der Waals surface area contributed by atoms with E-state index in [1.54, 1.807) is 6.92 Å². The first-order chi connectivity index (χ1) is 6.16. The van der Waals surface area contributed by atoms with Crippen LogP contribution >= 0.6 is 7.60 Å². The van der Waals surface area contributed by atoms with Crippen molar-refractivity contribution >= 4 is 13.5 Å². The summed E-state index contributed by atoms with van der Waals surface area (Å²) in [7, 11) is -2.61. The maximum absolute atomic E-state index is 11.3. The van der Waals surface area contributed by atoms with Gasteiger partial charge < -0.3 is 14.7 Å². The molecule has 1 amide bonds. The second kappa shape index (κ2) is 4.73. The third kappa shape index (κ3) is 4.05. The van der Waals surface area contributed by atoms with Crippen molar-refractivity contribution < 1.29 is 19.1 Å². The van der Waals surface area contributed by atoms with Gasteiger partial charge in [-0.1, -0.05) is 6.58 Å². The predicted molar refractivity (Wildman–Crippen MR) is 54.0 cm³/mol. The summed E-state index contributed by atoms with van der Waals surface area (Å²) in [4.78, 5) is 30.1. The molecule has 0 radical (unpaired) electrons. The molecule has 0 rings (SSSR count). The summed E-state index contributed by atoms with van der Waals surface area (Å²) in [5, 5.41) is 0. The highest BCUT2D eigenvalue weighted by molar-refractivity contribution is 7.52. The number of likely N-dealkylation sites (N-methyl/N-ethyl adjacent to an activating group) is 1. The Morgan fingerprint density at radius 3 is 2.29 bits per heavy atom. The van der Waals surface area contributed by atoms with Crippen LogP contribution in [-0.4, -0.2) is 39.8 Å². The summed E-state index contributed by atoms with van der Waals surface area (Å²) >= 11 is 0. The van der Waals surface area contributed by atoms with E-state index < -0.39 is 13.3 Å². The molecule has 0 saturated carbocycles. The van der Waals surface area contributed by atoms with Gasteiger partial charge in [0.05, 0.1) is 5.66 Å². The number of carbonyl (C=O) groups is 1. The minimum absolute atomic E-state index is 0.0238. The molecule has 2 N–H and O–H groups in total. The van der Waals surface area contributed by atoms with Crippen LogP contribution in [0.1, 0.15) is 13.8 Å². The molecule has 6 heteroatoms. The quantitative estimate of drug-likeness (QED) is 0.538. The van der Waals surface area contributed by atoms with Crippen molar-refractivity contribution in [3.8, 4) is 0 Å². The van der Waals surface area contributed by atoms with Crippen LogP contribution in [-0.2, 0) is 9.36 Å². The van der Waals surface area contributed by atoms with Gasteiger partial charge in [-0.05, 0) is 13.8 Å². The molecule has 0 aromatic heterocycles. The molecule has 0 fully saturated rings. The Morgan fingerprint density at radius 1 is 1.57 bits per heavy atom. The smallest absolute Gasteiger partial charge is 0.330 e. The van der Waals surface area contributed by atoms with Gasteiger partial charge in [0, 0.05) is 19.2 Å². The lowest BCUT2D eigenvalue weighted by Crippen LogP contribution is -2.33. The topological polar surface area (TPSA) is 77.8 Å². The fraction of sp³-hybridized carbons (Fsp3) is 0.625. The summed E-state index contributed by atoms with van der Waals surface area (Å²) in [6.45, 7) is 6.45. The van der Waals surface area contributed by atoms with E-state index in [2.05, 4.69) is 6.58 Å². The SMILES string of the molecule is C=C(C)C(=O)N(C)CC(C)P(=O)(O)O. The lowest BCUT2D eigenvalue weighted by Gasteiger charge is -2.22. The zero-order valence-corrected chi connectivity index (χ0v) is 9.49. The van der Waals surface area contributed by atoms with Crippen molar-refractivity contribution in [3.05, 3.63) is 12.2 Å². The summed E-state index contributed by atoms with van der Waals surface area (Å²) in [6, 6.07) is 0. The summed E-state index contributed by atoms with van der Waals surface area (Å²) in [5.41, 5.74) is -0.499. The standard InChI is InChI=1S/C8H16NO4P/c1-6(2)8(10)9(4)5-7(3)14(11,12)13/h7H,1,5H2,2-4H3,(H2,11,12,13). The van der Waals surface area contributed by atoms with Crippen molar-refractivity contribution in [1.29, 1.82) is 0 Å². The molecule has 0 aliphatic heterocycles. The molecular formula is C8H16NO4P. The van der Waals surface area contributed by atoms with Crippen LogP contribution in [0, 0.1) is 0 Å². The Labute approximate surface area is 83.6 Å². The summed E-state index contributed by atoms with van der Waals surface area (Å²) in [6.07, 6.45) is 0. The zero-order valence-electron chi connectivity index (χ0n) is 8.60. The number of hydrogen-bond acceptors (Lipinski definition) is 2. The van der Waals surface area contributed by atoms with Gasteiger partial charge >= 0.3 is 7.60 Å². The second-order valence-corrected chi connectivity index (χ2v) is 5.46. The normalized spacial score (nSPS) is 13.5. The Balaban J connectivity index is 4.34. The highest BCUT2D eigenvalue weighted by Crippen LogP contribution is 2.40. The van der Waals surface area contributed by atoms with Crippen LogP contribution < -0.4 is 0 Å². The lowest BCUT2D eigenvalue weighted by molar-refractivity contribution is -0.125. The van der Waals surface area contributed by atoms with Crippen molar-refractivity contribution in [2.45, 2.75) is 19.5 Å². The molecular weight excluding hydrogens is 205 g/mol. The molecule has 0 aromatic carbocycles. The monoisotopic (exact) mass is 221 g/mol. The molecule has 0 bridgehead atoms. The molecule has 1 unspecified atom stereocenters. The van der Waals surface area contributed by atoms with E-state index in [1.165, 1.54) is 18.9 Å². The van der Waals surface area contributed by atoms with Gasteiger partial charge in [-0.15, -0.1) is 0 Å². The van der Waals surface area contributed by atoms with Crippen molar-refractivity contribution in [1.82, 2.24) is 4.90 Å². The van der Waals surface area contributed by atoms with E-state index in [0.717, 1.165) is 0 Å². The van der Waals surface area contributed by atoms with E-state index in [9.17, 15) is 9.36 Å².